The van der Waals surface area contributed by atoms with E-state index in [1.165, 1.54) is 24.3 Å². The highest BCUT2D eigenvalue weighted by molar-refractivity contribution is 6.31. The van der Waals surface area contributed by atoms with Gasteiger partial charge in [0.1, 0.15) is 23.1 Å². The number of aliphatic hydroxyl groups is 1. The Labute approximate surface area is 187 Å². The molecule has 0 saturated heterocycles. The van der Waals surface area contributed by atoms with Crippen molar-refractivity contribution >= 4 is 39.9 Å². The summed E-state index contributed by atoms with van der Waals surface area (Å²) in [6.07, 6.45) is 1.43. The number of carbonyl (C=O) groups excluding carboxylic acids is 2. The number of nitrogens with zero attached hydrogens (tertiary/aromatic N) is 1. The highest BCUT2D eigenvalue weighted by Crippen LogP contribution is 2.45. The van der Waals surface area contributed by atoms with Gasteiger partial charge in [-0.25, -0.2) is 0 Å². The molecule has 32 heavy (non-hydrogen) atoms. The SMILES string of the molecule is COc1ccccc1N1C(=O)C(O)=C(C(=O)c2cc3cc(Cl)ccc3o2)C1c1ccco1. The molecule has 0 radical (unpaired) electrons. The van der Waals surface area contributed by atoms with Gasteiger partial charge in [0.25, 0.3) is 5.91 Å². The Balaban J connectivity index is 1.66. The van der Waals surface area contributed by atoms with Crippen LogP contribution in [0.4, 0.5) is 5.69 Å². The second-order valence-corrected chi connectivity index (χ2v) is 7.59. The number of benzene rings is 2. The average molecular weight is 450 g/mol. The van der Waals surface area contributed by atoms with Crippen LogP contribution in [0, 0.1) is 0 Å². The van der Waals surface area contributed by atoms with Crippen molar-refractivity contribution in [2.24, 2.45) is 0 Å². The summed E-state index contributed by atoms with van der Waals surface area (Å²) in [5, 5.41) is 11.9. The highest BCUT2D eigenvalue weighted by atomic mass is 35.5. The van der Waals surface area contributed by atoms with Gasteiger partial charge < -0.3 is 18.7 Å². The molecule has 5 rings (SSSR count). The number of amides is 1. The summed E-state index contributed by atoms with van der Waals surface area (Å²) >= 11 is 6.03. The van der Waals surface area contributed by atoms with Gasteiger partial charge in [-0.05, 0) is 48.5 Å². The van der Waals surface area contributed by atoms with Crippen LogP contribution in [-0.2, 0) is 4.79 Å². The van der Waals surface area contributed by atoms with Crippen molar-refractivity contribution in [1.82, 2.24) is 0 Å². The van der Waals surface area contributed by atoms with Gasteiger partial charge in [0.2, 0.25) is 5.78 Å². The van der Waals surface area contributed by atoms with E-state index in [1.807, 2.05) is 0 Å². The molecular weight excluding hydrogens is 434 g/mol. The van der Waals surface area contributed by atoms with Gasteiger partial charge in [-0.1, -0.05) is 23.7 Å². The van der Waals surface area contributed by atoms with Gasteiger partial charge in [0.05, 0.1) is 24.6 Å². The molecule has 1 atom stereocenters. The lowest BCUT2D eigenvalue weighted by molar-refractivity contribution is -0.117. The number of rotatable bonds is 5. The van der Waals surface area contributed by atoms with E-state index in [9.17, 15) is 14.7 Å². The van der Waals surface area contributed by atoms with Gasteiger partial charge in [-0.2, -0.15) is 0 Å². The molecule has 4 aromatic rings. The minimum atomic E-state index is -1.02. The zero-order chi connectivity index (χ0) is 22.4. The molecule has 1 aliphatic heterocycles. The molecular formula is C24H16ClNO6. The molecule has 0 aliphatic carbocycles. The van der Waals surface area contributed by atoms with E-state index in [-0.39, 0.29) is 11.3 Å². The van der Waals surface area contributed by atoms with E-state index >= 15 is 0 Å². The summed E-state index contributed by atoms with van der Waals surface area (Å²) in [4.78, 5) is 27.9. The van der Waals surface area contributed by atoms with E-state index in [0.717, 1.165) is 0 Å². The van der Waals surface area contributed by atoms with Crippen molar-refractivity contribution in [2.45, 2.75) is 6.04 Å². The first-order chi connectivity index (χ1) is 15.5. The van der Waals surface area contributed by atoms with E-state index in [2.05, 4.69) is 0 Å². The Kier molecular flexibility index (Phi) is 4.75. The summed E-state index contributed by atoms with van der Waals surface area (Å²) in [6.45, 7) is 0. The lowest BCUT2D eigenvalue weighted by Gasteiger charge is -2.26. The van der Waals surface area contributed by atoms with Gasteiger partial charge in [-0.3, -0.25) is 14.5 Å². The zero-order valence-electron chi connectivity index (χ0n) is 16.7. The fourth-order valence-corrected chi connectivity index (χ4v) is 4.07. The quantitative estimate of drug-likeness (QED) is 0.406. The zero-order valence-corrected chi connectivity index (χ0v) is 17.5. The molecule has 1 unspecified atom stereocenters. The van der Waals surface area contributed by atoms with Crippen LogP contribution in [0.25, 0.3) is 11.0 Å². The third-order valence-electron chi connectivity index (χ3n) is 5.31. The number of methoxy groups -OCH3 is 1. The Morgan fingerprint density at radius 1 is 1.12 bits per heavy atom. The molecule has 2 aromatic heterocycles. The van der Waals surface area contributed by atoms with Crippen LogP contribution < -0.4 is 9.64 Å². The van der Waals surface area contributed by atoms with E-state index in [4.69, 9.17) is 25.2 Å². The predicted octanol–water partition coefficient (Wildman–Crippen LogP) is 5.47. The lowest BCUT2D eigenvalue weighted by Crippen LogP contribution is -2.31. The topological polar surface area (TPSA) is 93.1 Å². The van der Waals surface area contributed by atoms with Crippen molar-refractivity contribution in [3.05, 3.63) is 94.8 Å². The first kappa shape index (κ1) is 20.0. The van der Waals surface area contributed by atoms with Crippen molar-refractivity contribution in [3.8, 4) is 5.75 Å². The number of carbonyl (C=O) groups is 2. The minimum absolute atomic E-state index is 0.0324. The number of halogens is 1. The lowest BCUT2D eigenvalue weighted by atomic mass is 9.99. The molecule has 0 fully saturated rings. The van der Waals surface area contributed by atoms with Crippen molar-refractivity contribution < 1.29 is 28.3 Å². The molecule has 7 nitrogen and oxygen atoms in total. The number of hydrogen-bond donors (Lipinski definition) is 1. The van der Waals surface area contributed by atoms with Gasteiger partial charge in [0.15, 0.2) is 11.5 Å². The summed E-state index contributed by atoms with van der Waals surface area (Å²) in [6, 6.07) is 15.6. The largest absolute Gasteiger partial charge is 0.503 e. The van der Waals surface area contributed by atoms with E-state index in [0.29, 0.717) is 33.2 Å². The second kappa shape index (κ2) is 7.62. The molecule has 2 aromatic carbocycles. The Hall–Kier alpha value is -3.97. The average Bonchev–Trinajstić information content (AvgIpc) is 3.52. The predicted molar refractivity (Wildman–Crippen MR) is 117 cm³/mol. The van der Waals surface area contributed by atoms with Gasteiger partial charge >= 0.3 is 0 Å². The molecule has 0 saturated carbocycles. The maximum atomic E-state index is 13.5. The standard InChI is InChI=1S/C24H16ClNO6/c1-30-17-6-3-2-5-15(17)26-21(18-7-4-10-31-18)20(23(28)24(26)29)22(27)19-12-13-11-14(25)8-9-16(13)32-19/h2-12,21,28H,1H3. The fourth-order valence-electron chi connectivity index (χ4n) is 3.89. The molecule has 3 heterocycles. The Bertz CT molecular complexity index is 1380. The molecule has 0 bridgehead atoms. The summed E-state index contributed by atoms with van der Waals surface area (Å²) in [5.41, 5.74) is 0.687. The van der Waals surface area contributed by atoms with Crippen LogP contribution in [0.3, 0.4) is 0 Å². The third kappa shape index (κ3) is 3.06. The minimum Gasteiger partial charge on any atom is -0.503 e. The number of ether oxygens (including phenoxy) is 1. The second-order valence-electron chi connectivity index (χ2n) is 7.15. The smallest absolute Gasteiger partial charge is 0.294 e. The fraction of sp³-hybridized carbons (Fsp3) is 0.0833. The Morgan fingerprint density at radius 3 is 2.69 bits per heavy atom. The molecule has 8 heteroatoms. The number of fused-ring (bicyclic) bond motifs is 1. The number of hydrogen-bond acceptors (Lipinski definition) is 6. The van der Waals surface area contributed by atoms with Crippen LogP contribution in [0.2, 0.25) is 5.02 Å². The number of para-hydroxylation sites is 2. The number of anilines is 1. The van der Waals surface area contributed by atoms with Crippen LogP contribution in [0.1, 0.15) is 22.4 Å². The first-order valence-corrected chi connectivity index (χ1v) is 10.0. The summed E-state index contributed by atoms with van der Waals surface area (Å²) < 4.78 is 16.6. The van der Waals surface area contributed by atoms with E-state index < -0.39 is 23.5 Å². The van der Waals surface area contributed by atoms with Gasteiger partial charge in [0, 0.05) is 10.4 Å². The maximum Gasteiger partial charge on any atom is 0.294 e. The normalized spacial score (nSPS) is 16.2. The number of Topliss-reactive ketones (excluding diaryl/α,β-unsaturated/α-hetero) is 1. The van der Waals surface area contributed by atoms with Crippen LogP contribution >= 0.6 is 11.6 Å². The first-order valence-electron chi connectivity index (χ1n) is 9.66. The molecule has 1 amide bonds. The molecule has 1 aliphatic rings. The summed E-state index contributed by atoms with van der Waals surface area (Å²) in [7, 11) is 1.47. The van der Waals surface area contributed by atoms with Crippen LogP contribution in [-0.4, -0.2) is 23.9 Å². The van der Waals surface area contributed by atoms with Crippen LogP contribution in [0.5, 0.6) is 5.75 Å². The van der Waals surface area contributed by atoms with E-state index in [1.54, 1.807) is 54.6 Å². The van der Waals surface area contributed by atoms with Crippen molar-refractivity contribution in [2.75, 3.05) is 12.0 Å². The van der Waals surface area contributed by atoms with Crippen molar-refractivity contribution in [3.63, 3.8) is 0 Å². The number of furan rings is 2. The Morgan fingerprint density at radius 2 is 1.94 bits per heavy atom. The highest BCUT2D eigenvalue weighted by Gasteiger charge is 2.47. The van der Waals surface area contributed by atoms with Crippen molar-refractivity contribution in [1.29, 1.82) is 0 Å². The monoisotopic (exact) mass is 449 g/mol. The number of aliphatic hydroxyl groups excluding tert-OH is 1. The molecule has 0 spiro atoms. The third-order valence-corrected chi connectivity index (χ3v) is 5.55. The maximum absolute atomic E-state index is 13.5. The van der Waals surface area contributed by atoms with Crippen LogP contribution in [0.15, 0.2) is 87.1 Å². The molecule has 1 N–H and O–H groups in total. The number of ketones is 1. The van der Waals surface area contributed by atoms with Gasteiger partial charge in [-0.15, -0.1) is 0 Å². The summed E-state index contributed by atoms with van der Waals surface area (Å²) in [5.74, 6) is -1.40. The molecule has 160 valence electrons.